The van der Waals surface area contributed by atoms with Gasteiger partial charge in [-0.3, -0.25) is 0 Å². The summed E-state index contributed by atoms with van der Waals surface area (Å²) in [5, 5.41) is 0. The standard InChI is InChI=1S/C10H10BrIO2/c1-6(2)14-10(13)7-4-3-5-8(12)9(7)11/h3-6H,1-2H3. The third kappa shape index (κ3) is 2.95. The lowest BCUT2D eigenvalue weighted by Crippen LogP contribution is -2.12. The number of hydrogen-bond acceptors (Lipinski definition) is 2. The van der Waals surface area contributed by atoms with Crippen molar-refractivity contribution in [3.63, 3.8) is 0 Å². The summed E-state index contributed by atoms with van der Waals surface area (Å²) in [5.41, 5.74) is 0.575. The molecule has 0 unspecified atom stereocenters. The van der Waals surface area contributed by atoms with Gasteiger partial charge in [0.25, 0.3) is 0 Å². The zero-order chi connectivity index (χ0) is 10.7. The molecule has 0 aliphatic heterocycles. The van der Waals surface area contributed by atoms with E-state index in [1.54, 1.807) is 6.07 Å². The van der Waals surface area contributed by atoms with E-state index in [-0.39, 0.29) is 12.1 Å². The Kier molecular flexibility index (Phi) is 4.37. The quantitative estimate of drug-likeness (QED) is 0.588. The molecular formula is C10H10BrIO2. The highest BCUT2D eigenvalue weighted by Gasteiger charge is 2.14. The molecule has 4 heteroatoms. The summed E-state index contributed by atoms with van der Waals surface area (Å²) in [7, 11) is 0. The maximum atomic E-state index is 11.6. The Labute approximate surface area is 105 Å². The fourth-order valence-corrected chi connectivity index (χ4v) is 1.86. The first-order chi connectivity index (χ1) is 6.52. The van der Waals surface area contributed by atoms with Gasteiger partial charge < -0.3 is 4.74 Å². The van der Waals surface area contributed by atoms with Crippen LogP contribution in [0, 0.1) is 3.57 Å². The van der Waals surface area contributed by atoms with Gasteiger partial charge in [-0.1, -0.05) is 6.07 Å². The van der Waals surface area contributed by atoms with Gasteiger partial charge in [-0.05, 0) is 64.5 Å². The van der Waals surface area contributed by atoms with Crippen LogP contribution in [-0.2, 0) is 4.74 Å². The average Bonchev–Trinajstić information content (AvgIpc) is 2.08. The lowest BCUT2D eigenvalue weighted by Gasteiger charge is -2.09. The van der Waals surface area contributed by atoms with E-state index >= 15 is 0 Å². The van der Waals surface area contributed by atoms with Crippen molar-refractivity contribution in [3.05, 3.63) is 31.8 Å². The zero-order valence-electron chi connectivity index (χ0n) is 7.88. The topological polar surface area (TPSA) is 26.3 Å². The number of hydrogen-bond donors (Lipinski definition) is 0. The molecule has 0 bridgehead atoms. The molecule has 1 rings (SSSR count). The summed E-state index contributed by atoms with van der Waals surface area (Å²) in [6, 6.07) is 5.51. The molecule has 76 valence electrons. The molecule has 0 heterocycles. The van der Waals surface area contributed by atoms with Crippen molar-refractivity contribution in [3.8, 4) is 0 Å². The SMILES string of the molecule is CC(C)OC(=O)c1cccc(I)c1Br. The highest BCUT2D eigenvalue weighted by atomic mass is 127. The van der Waals surface area contributed by atoms with Gasteiger partial charge in [-0.15, -0.1) is 0 Å². The second-order valence-corrected chi connectivity index (χ2v) is 5.01. The number of esters is 1. The van der Waals surface area contributed by atoms with Crippen LogP contribution in [0.15, 0.2) is 22.7 Å². The van der Waals surface area contributed by atoms with E-state index in [0.29, 0.717) is 5.56 Å². The van der Waals surface area contributed by atoms with Crippen molar-refractivity contribution in [1.82, 2.24) is 0 Å². The number of ether oxygens (including phenoxy) is 1. The molecule has 0 aliphatic rings. The maximum absolute atomic E-state index is 11.6. The first kappa shape index (κ1) is 12.0. The third-order valence-corrected chi connectivity index (χ3v) is 4.01. The molecule has 0 aromatic heterocycles. The Morgan fingerprint density at radius 1 is 1.50 bits per heavy atom. The molecule has 1 aromatic carbocycles. The van der Waals surface area contributed by atoms with Crippen molar-refractivity contribution in [2.24, 2.45) is 0 Å². The molecule has 0 spiro atoms. The van der Waals surface area contributed by atoms with Crippen LogP contribution in [0.5, 0.6) is 0 Å². The van der Waals surface area contributed by atoms with Crippen LogP contribution in [0.25, 0.3) is 0 Å². The van der Waals surface area contributed by atoms with Gasteiger partial charge in [-0.2, -0.15) is 0 Å². The average molecular weight is 369 g/mol. The zero-order valence-corrected chi connectivity index (χ0v) is 11.6. The summed E-state index contributed by atoms with van der Waals surface area (Å²) in [5.74, 6) is -0.287. The van der Waals surface area contributed by atoms with Crippen molar-refractivity contribution in [2.45, 2.75) is 20.0 Å². The minimum atomic E-state index is -0.287. The number of carbonyl (C=O) groups is 1. The summed E-state index contributed by atoms with van der Waals surface area (Å²) in [6.07, 6.45) is -0.0905. The number of carbonyl (C=O) groups excluding carboxylic acids is 1. The lowest BCUT2D eigenvalue weighted by atomic mass is 10.2. The molecule has 0 radical (unpaired) electrons. The van der Waals surface area contributed by atoms with Crippen molar-refractivity contribution >= 4 is 44.5 Å². The van der Waals surface area contributed by atoms with E-state index in [1.807, 2.05) is 26.0 Å². The Hall–Kier alpha value is -0.100. The first-order valence-corrected chi connectivity index (χ1v) is 6.04. The Bertz CT molecular complexity index is 350. The predicted molar refractivity (Wildman–Crippen MR) is 67.4 cm³/mol. The molecule has 0 saturated carbocycles. The molecule has 2 nitrogen and oxygen atoms in total. The van der Waals surface area contributed by atoms with Crippen LogP contribution < -0.4 is 0 Å². The molecule has 0 N–H and O–H groups in total. The Morgan fingerprint density at radius 3 is 2.71 bits per heavy atom. The molecule has 0 saturated heterocycles. The van der Waals surface area contributed by atoms with E-state index in [2.05, 4.69) is 38.5 Å². The van der Waals surface area contributed by atoms with Crippen molar-refractivity contribution in [2.75, 3.05) is 0 Å². The van der Waals surface area contributed by atoms with Crippen LogP contribution in [0.2, 0.25) is 0 Å². The smallest absolute Gasteiger partial charge is 0.339 e. The van der Waals surface area contributed by atoms with Crippen LogP contribution in [-0.4, -0.2) is 12.1 Å². The highest BCUT2D eigenvalue weighted by Crippen LogP contribution is 2.24. The van der Waals surface area contributed by atoms with Gasteiger partial charge >= 0.3 is 5.97 Å². The van der Waals surface area contributed by atoms with E-state index < -0.39 is 0 Å². The second-order valence-electron chi connectivity index (χ2n) is 3.06. The fraction of sp³-hybridized carbons (Fsp3) is 0.300. The number of benzene rings is 1. The van der Waals surface area contributed by atoms with E-state index in [4.69, 9.17) is 4.74 Å². The summed E-state index contributed by atoms with van der Waals surface area (Å²) in [4.78, 5) is 11.6. The van der Waals surface area contributed by atoms with Gasteiger partial charge in [0, 0.05) is 8.04 Å². The molecular weight excluding hydrogens is 359 g/mol. The van der Waals surface area contributed by atoms with Crippen molar-refractivity contribution < 1.29 is 9.53 Å². The maximum Gasteiger partial charge on any atom is 0.339 e. The third-order valence-electron chi connectivity index (χ3n) is 1.51. The van der Waals surface area contributed by atoms with Gasteiger partial charge in [0.05, 0.1) is 11.7 Å². The lowest BCUT2D eigenvalue weighted by molar-refractivity contribution is 0.0376. The van der Waals surface area contributed by atoms with Crippen LogP contribution >= 0.6 is 38.5 Å². The van der Waals surface area contributed by atoms with Gasteiger partial charge in [0.15, 0.2) is 0 Å². The molecule has 0 aliphatic carbocycles. The highest BCUT2D eigenvalue weighted by molar-refractivity contribution is 14.1. The monoisotopic (exact) mass is 368 g/mol. The fourth-order valence-electron chi connectivity index (χ4n) is 0.939. The molecule has 0 atom stereocenters. The first-order valence-electron chi connectivity index (χ1n) is 4.17. The van der Waals surface area contributed by atoms with Gasteiger partial charge in [0.1, 0.15) is 0 Å². The van der Waals surface area contributed by atoms with Gasteiger partial charge in [-0.25, -0.2) is 4.79 Å². The van der Waals surface area contributed by atoms with E-state index in [9.17, 15) is 4.79 Å². The van der Waals surface area contributed by atoms with Gasteiger partial charge in [0.2, 0.25) is 0 Å². The van der Waals surface area contributed by atoms with E-state index in [1.165, 1.54) is 0 Å². The van der Waals surface area contributed by atoms with Crippen molar-refractivity contribution in [1.29, 1.82) is 0 Å². The normalized spacial score (nSPS) is 10.4. The van der Waals surface area contributed by atoms with E-state index in [0.717, 1.165) is 8.04 Å². The largest absolute Gasteiger partial charge is 0.459 e. The molecule has 0 fully saturated rings. The number of halogens is 2. The van der Waals surface area contributed by atoms with Crippen LogP contribution in [0.3, 0.4) is 0 Å². The summed E-state index contributed by atoms with van der Waals surface area (Å²) >= 11 is 5.52. The Balaban J connectivity index is 2.96. The minimum absolute atomic E-state index is 0.0905. The molecule has 1 aromatic rings. The summed E-state index contributed by atoms with van der Waals surface area (Å²) in [6.45, 7) is 3.67. The Morgan fingerprint density at radius 2 is 2.14 bits per heavy atom. The second kappa shape index (κ2) is 5.11. The summed E-state index contributed by atoms with van der Waals surface area (Å²) < 4.78 is 6.90. The predicted octanol–water partition coefficient (Wildman–Crippen LogP) is 3.62. The number of rotatable bonds is 2. The van der Waals surface area contributed by atoms with Crippen LogP contribution in [0.4, 0.5) is 0 Å². The van der Waals surface area contributed by atoms with Crippen LogP contribution in [0.1, 0.15) is 24.2 Å². The molecule has 14 heavy (non-hydrogen) atoms. The molecule has 0 amide bonds. The minimum Gasteiger partial charge on any atom is -0.459 e.